The van der Waals surface area contributed by atoms with E-state index in [1.165, 1.54) is 20.0 Å². The number of hydrogen-bond acceptors (Lipinski definition) is 4. The molecule has 4 heteroatoms. The highest BCUT2D eigenvalue weighted by Crippen LogP contribution is 2.39. The van der Waals surface area contributed by atoms with Gasteiger partial charge in [0.05, 0.1) is 7.11 Å². The Balaban J connectivity index is 2.25. The Hall–Kier alpha value is -0.220. The molecule has 0 aromatic carbocycles. The van der Waals surface area contributed by atoms with Gasteiger partial charge in [0.15, 0.2) is 0 Å². The van der Waals surface area contributed by atoms with Crippen LogP contribution in [0.2, 0.25) is 0 Å². The smallest absolute Gasteiger partial charge is 0.319 e. The molecule has 0 bridgehead atoms. The molecule has 76 valence electrons. The lowest BCUT2D eigenvalue weighted by molar-refractivity contribution is -0.140. The summed E-state index contributed by atoms with van der Waals surface area (Å²) in [5.74, 6) is 1.46. The van der Waals surface area contributed by atoms with Gasteiger partial charge in [-0.3, -0.25) is 4.79 Å². The highest BCUT2D eigenvalue weighted by Gasteiger charge is 2.36. The minimum Gasteiger partial charge on any atom is -0.468 e. The van der Waals surface area contributed by atoms with Crippen molar-refractivity contribution in [3.8, 4) is 0 Å². The molecule has 13 heavy (non-hydrogen) atoms. The van der Waals surface area contributed by atoms with Crippen molar-refractivity contribution in [1.82, 2.24) is 0 Å². The van der Waals surface area contributed by atoms with Gasteiger partial charge in [0.1, 0.15) is 5.25 Å². The molecule has 1 rings (SSSR count). The zero-order valence-corrected chi connectivity index (χ0v) is 8.81. The van der Waals surface area contributed by atoms with Crippen molar-refractivity contribution in [2.75, 3.05) is 19.4 Å². The number of methoxy groups -OCH3 is 1. The molecule has 2 N–H and O–H groups in total. The van der Waals surface area contributed by atoms with Gasteiger partial charge in [-0.25, -0.2) is 0 Å². The van der Waals surface area contributed by atoms with E-state index in [1.807, 2.05) is 0 Å². The van der Waals surface area contributed by atoms with E-state index in [4.69, 9.17) is 10.5 Å². The van der Waals surface area contributed by atoms with Crippen LogP contribution in [0.25, 0.3) is 0 Å². The van der Waals surface area contributed by atoms with E-state index in [9.17, 15) is 4.79 Å². The number of rotatable bonds is 6. The van der Waals surface area contributed by atoms with Crippen LogP contribution in [0.1, 0.15) is 19.3 Å². The fourth-order valence-electron chi connectivity index (χ4n) is 1.21. The monoisotopic (exact) mass is 203 g/mol. The third kappa shape index (κ3) is 3.56. The van der Waals surface area contributed by atoms with Crippen LogP contribution in [-0.2, 0) is 9.53 Å². The third-order valence-electron chi connectivity index (χ3n) is 2.13. The second-order valence-electron chi connectivity index (χ2n) is 3.29. The molecule has 1 atom stereocenters. The molecule has 0 saturated heterocycles. The fraction of sp³-hybridized carbons (Fsp3) is 0.889. The van der Waals surface area contributed by atoms with E-state index < -0.39 is 0 Å². The molecule has 1 saturated carbocycles. The van der Waals surface area contributed by atoms with Crippen LogP contribution in [0, 0.1) is 5.92 Å². The first kappa shape index (κ1) is 10.9. The summed E-state index contributed by atoms with van der Waals surface area (Å²) in [7, 11) is 1.46. The lowest BCUT2D eigenvalue weighted by Crippen LogP contribution is -2.21. The molecular formula is C9H17NO2S. The molecule has 1 aliphatic rings. The zero-order chi connectivity index (χ0) is 9.68. The lowest BCUT2D eigenvalue weighted by Gasteiger charge is -2.12. The van der Waals surface area contributed by atoms with E-state index >= 15 is 0 Å². The fourth-order valence-corrected chi connectivity index (χ4v) is 2.57. The first-order valence-electron chi connectivity index (χ1n) is 4.69. The molecule has 0 aromatic rings. The highest BCUT2D eigenvalue weighted by molar-refractivity contribution is 8.00. The normalized spacial score (nSPS) is 18.3. The van der Waals surface area contributed by atoms with E-state index in [0.717, 1.165) is 12.2 Å². The van der Waals surface area contributed by atoms with Gasteiger partial charge in [-0.2, -0.15) is 0 Å². The Bertz CT molecular complexity index is 171. The van der Waals surface area contributed by atoms with Crippen LogP contribution in [0.4, 0.5) is 0 Å². The second kappa shape index (κ2) is 5.50. The van der Waals surface area contributed by atoms with Gasteiger partial charge in [0, 0.05) is 0 Å². The predicted molar refractivity (Wildman–Crippen MR) is 54.7 cm³/mol. The summed E-state index contributed by atoms with van der Waals surface area (Å²) in [5, 5.41) is 0.0662. The Morgan fingerprint density at radius 2 is 2.38 bits per heavy atom. The van der Waals surface area contributed by atoms with Crippen LogP contribution >= 0.6 is 11.8 Å². The van der Waals surface area contributed by atoms with E-state index in [1.54, 1.807) is 11.8 Å². The van der Waals surface area contributed by atoms with Gasteiger partial charge in [-0.15, -0.1) is 11.8 Å². The molecule has 0 aromatic heterocycles. The van der Waals surface area contributed by atoms with Crippen molar-refractivity contribution < 1.29 is 9.53 Å². The molecule has 3 nitrogen and oxygen atoms in total. The molecule has 0 amide bonds. The Labute approximate surface area is 83.4 Å². The average molecular weight is 203 g/mol. The average Bonchev–Trinajstić information content (AvgIpc) is 2.95. The molecular weight excluding hydrogens is 186 g/mol. The largest absolute Gasteiger partial charge is 0.468 e. The van der Waals surface area contributed by atoms with Gasteiger partial charge in [0.25, 0.3) is 0 Å². The summed E-state index contributed by atoms with van der Waals surface area (Å²) in [6.07, 6.45) is 3.33. The summed E-state index contributed by atoms with van der Waals surface area (Å²) >= 11 is 1.69. The second-order valence-corrected chi connectivity index (χ2v) is 4.54. The number of nitrogens with two attached hydrogens (primary N) is 1. The van der Waals surface area contributed by atoms with Crippen LogP contribution in [0.5, 0.6) is 0 Å². The van der Waals surface area contributed by atoms with Crippen molar-refractivity contribution >= 4 is 17.7 Å². The van der Waals surface area contributed by atoms with Crippen molar-refractivity contribution in [2.24, 2.45) is 11.7 Å². The predicted octanol–water partition coefficient (Wildman–Crippen LogP) is 1.02. The Morgan fingerprint density at radius 3 is 2.85 bits per heavy atom. The molecule has 1 fully saturated rings. The summed E-state index contributed by atoms with van der Waals surface area (Å²) in [5.41, 5.74) is 5.39. The summed E-state index contributed by atoms with van der Waals surface area (Å²) in [4.78, 5) is 11.3. The lowest BCUT2D eigenvalue weighted by atomic mass is 10.3. The number of hydrogen-bond donors (Lipinski definition) is 1. The Kier molecular flexibility index (Phi) is 4.59. The SMILES string of the molecule is COC(=O)C(SCCCN)C1CC1. The molecule has 1 unspecified atom stereocenters. The van der Waals surface area contributed by atoms with E-state index in [0.29, 0.717) is 12.5 Å². The van der Waals surface area contributed by atoms with Crippen molar-refractivity contribution in [1.29, 1.82) is 0 Å². The highest BCUT2D eigenvalue weighted by atomic mass is 32.2. The van der Waals surface area contributed by atoms with Crippen LogP contribution in [0.15, 0.2) is 0 Å². The molecule has 0 heterocycles. The number of carbonyl (C=O) groups excluding carboxylic acids is 1. The van der Waals surface area contributed by atoms with Gasteiger partial charge < -0.3 is 10.5 Å². The molecule has 0 aliphatic heterocycles. The van der Waals surface area contributed by atoms with Crippen LogP contribution in [-0.4, -0.2) is 30.6 Å². The first-order chi connectivity index (χ1) is 6.29. The topological polar surface area (TPSA) is 52.3 Å². The maximum atomic E-state index is 11.3. The molecule has 1 aliphatic carbocycles. The summed E-state index contributed by atoms with van der Waals surface area (Å²) < 4.78 is 4.75. The standard InChI is InChI=1S/C9H17NO2S/c1-12-9(11)8(7-3-4-7)13-6-2-5-10/h7-8H,2-6,10H2,1H3. The number of esters is 1. The Morgan fingerprint density at radius 1 is 1.69 bits per heavy atom. The quantitative estimate of drug-likeness (QED) is 0.517. The first-order valence-corrected chi connectivity index (χ1v) is 5.74. The van der Waals surface area contributed by atoms with E-state index in [-0.39, 0.29) is 11.2 Å². The van der Waals surface area contributed by atoms with Crippen molar-refractivity contribution in [3.05, 3.63) is 0 Å². The van der Waals surface area contributed by atoms with Gasteiger partial charge in [-0.1, -0.05) is 0 Å². The maximum Gasteiger partial charge on any atom is 0.319 e. The zero-order valence-electron chi connectivity index (χ0n) is 7.99. The van der Waals surface area contributed by atoms with Crippen LogP contribution in [0.3, 0.4) is 0 Å². The van der Waals surface area contributed by atoms with Crippen molar-refractivity contribution in [3.63, 3.8) is 0 Å². The van der Waals surface area contributed by atoms with Gasteiger partial charge in [-0.05, 0) is 37.5 Å². The minimum atomic E-state index is -0.0653. The molecule has 0 radical (unpaired) electrons. The molecule has 0 spiro atoms. The minimum absolute atomic E-state index is 0.0653. The number of ether oxygens (including phenoxy) is 1. The van der Waals surface area contributed by atoms with E-state index in [2.05, 4.69) is 0 Å². The summed E-state index contributed by atoms with van der Waals surface area (Å²) in [6, 6.07) is 0. The van der Waals surface area contributed by atoms with Crippen molar-refractivity contribution in [2.45, 2.75) is 24.5 Å². The number of thioether (sulfide) groups is 1. The van der Waals surface area contributed by atoms with Crippen LogP contribution < -0.4 is 5.73 Å². The maximum absolute atomic E-state index is 11.3. The van der Waals surface area contributed by atoms with Gasteiger partial charge >= 0.3 is 5.97 Å². The number of carbonyl (C=O) groups is 1. The summed E-state index contributed by atoms with van der Waals surface area (Å²) in [6.45, 7) is 0.700. The third-order valence-corrected chi connectivity index (χ3v) is 3.59. The van der Waals surface area contributed by atoms with Gasteiger partial charge in [0.2, 0.25) is 0 Å².